The van der Waals surface area contributed by atoms with Gasteiger partial charge >= 0.3 is 0 Å². The van der Waals surface area contributed by atoms with Crippen molar-refractivity contribution < 1.29 is 0 Å². The quantitative estimate of drug-likeness (QED) is 0.568. The monoisotopic (exact) mass is 277 g/mol. The third-order valence-electron chi connectivity index (χ3n) is 3.93. The van der Waals surface area contributed by atoms with Gasteiger partial charge in [-0.3, -0.25) is 16.3 Å². The normalized spacial score (nSPS) is 12.5. The van der Waals surface area contributed by atoms with Crippen LogP contribution >= 0.6 is 0 Å². The number of hydrogen-bond acceptors (Lipinski definition) is 3. The van der Waals surface area contributed by atoms with Gasteiger partial charge in [-0.2, -0.15) is 0 Å². The van der Waals surface area contributed by atoms with Crippen LogP contribution < -0.4 is 11.3 Å². The highest BCUT2D eigenvalue weighted by Gasteiger charge is 2.14. The first-order valence-corrected chi connectivity index (χ1v) is 7.14. The van der Waals surface area contributed by atoms with Crippen LogP contribution in [0.25, 0.3) is 10.9 Å². The lowest BCUT2D eigenvalue weighted by atomic mass is 9.94. The molecule has 3 rings (SSSR count). The SMILES string of the molecule is Cc1ccccc1C(Cc1ccnc2ccccc12)NN. The summed E-state index contributed by atoms with van der Waals surface area (Å²) in [7, 11) is 0. The second-order valence-electron chi connectivity index (χ2n) is 5.27. The third-order valence-corrected chi connectivity index (χ3v) is 3.93. The molecule has 3 heteroatoms. The Morgan fingerprint density at radius 1 is 1.05 bits per heavy atom. The minimum absolute atomic E-state index is 0.0945. The van der Waals surface area contributed by atoms with Crippen LogP contribution in [0.2, 0.25) is 0 Å². The van der Waals surface area contributed by atoms with Gasteiger partial charge < -0.3 is 0 Å². The number of aryl methyl sites for hydroxylation is 1. The van der Waals surface area contributed by atoms with Gasteiger partial charge in [-0.1, -0.05) is 42.5 Å². The molecule has 2 aromatic carbocycles. The molecule has 0 amide bonds. The zero-order valence-corrected chi connectivity index (χ0v) is 12.1. The Labute approximate surface area is 124 Å². The van der Waals surface area contributed by atoms with E-state index in [0.29, 0.717) is 0 Å². The van der Waals surface area contributed by atoms with Crippen molar-refractivity contribution in [3.05, 3.63) is 77.5 Å². The summed E-state index contributed by atoms with van der Waals surface area (Å²) in [5.41, 5.74) is 7.72. The summed E-state index contributed by atoms with van der Waals surface area (Å²) in [5, 5.41) is 1.19. The van der Waals surface area contributed by atoms with Gasteiger partial charge in [-0.05, 0) is 42.2 Å². The van der Waals surface area contributed by atoms with Crippen LogP contribution in [-0.2, 0) is 6.42 Å². The van der Waals surface area contributed by atoms with Crippen molar-refractivity contribution >= 4 is 10.9 Å². The van der Waals surface area contributed by atoms with Crippen LogP contribution in [-0.4, -0.2) is 4.98 Å². The number of benzene rings is 2. The lowest BCUT2D eigenvalue weighted by molar-refractivity contribution is 0.551. The van der Waals surface area contributed by atoms with Crippen LogP contribution in [0.15, 0.2) is 60.8 Å². The molecule has 0 spiro atoms. The molecule has 0 fully saturated rings. The Kier molecular flexibility index (Phi) is 3.95. The highest BCUT2D eigenvalue weighted by molar-refractivity contribution is 5.81. The topological polar surface area (TPSA) is 50.9 Å². The number of nitrogens with zero attached hydrogens (tertiary/aromatic N) is 1. The molecule has 21 heavy (non-hydrogen) atoms. The van der Waals surface area contributed by atoms with Gasteiger partial charge in [-0.15, -0.1) is 0 Å². The minimum Gasteiger partial charge on any atom is -0.271 e. The Bertz CT molecular complexity index is 747. The van der Waals surface area contributed by atoms with E-state index in [1.165, 1.54) is 22.1 Å². The van der Waals surface area contributed by atoms with E-state index >= 15 is 0 Å². The molecule has 1 atom stereocenters. The fourth-order valence-electron chi connectivity index (χ4n) is 2.79. The van der Waals surface area contributed by atoms with Gasteiger partial charge in [0.15, 0.2) is 0 Å². The van der Waals surface area contributed by atoms with E-state index in [4.69, 9.17) is 5.84 Å². The lowest BCUT2D eigenvalue weighted by Crippen LogP contribution is -2.30. The summed E-state index contributed by atoms with van der Waals surface area (Å²) in [6.07, 6.45) is 2.70. The maximum absolute atomic E-state index is 5.80. The predicted octanol–water partition coefficient (Wildman–Crippen LogP) is 3.29. The summed E-state index contributed by atoms with van der Waals surface area (Å²) >= 11 is 0. The maximum atomic E-state index is 5.80. The van der Waals surface area contributed by atoms with E-state index in [1.807, 2.05) is 30.5 Å². The highest BCUT2D eigenvalue weighted by atomic mass is 15.2. The van der Waals surface area contributed by atoms with Crippen molar-refractivity contribution in [1.82, 2.24) is 10.4 Å². The first-order chi connectivity index (χ1) is 10.3. The smallest absolute Gasteiger partial charge is 0.0704 e. The molecule has 0 aliphatic rings. The summed E-state index contributed by atoms with van der Waals surface area (Å²) in [5.74, 6) is 5.80. The lowest BCUT2D eigenvalue weighted by Gasteiger charge is -2.19. The predicted molar refractivity (Wildman–Crippen MR) is 86.7 cm³/mol. The average molecular weight is 277 g/mol. The van der Waals surface area contributed by atoms with E-state index in [-0.39, 0.29) is 6.04 Å². The first-order valence-electron chi connectivity index (χ1n) is 7.14. The van der Waals surface area contributed by atoms with E-state index < -0.39 is 0 Å². The Hall–Kier alpha value is -2.23. The Balaban J connectivity index is 1.98. The van der Waals surface area contributed by atoms with Gasteiger partial charge in [0, 0.05) is 11.6 Å². The summed E-state index contributed by atoms with van der Waals surface area (Å²) in [6, 6.07) is 18.7. The fourth-order valence-corrected chi connectivity index (χ4v) is 2.79. The van der Waals surface area contributed by atoms with Crippen molar-refractivity contribution in [2.75, 3.05) is 0 Å². The average Bonchev–Trinajstić information content (AvgIpc) is 2.53. The summed E-state index contributed by atoms with van der Waals surface area (Å²) in [6.45, 7) is 2.12. The third kappa shape index (κ3) is 2.79. The highest BCUT2D eigenvalue weighted by Crippen LogP contribution is 2.24. The number of hydrogen-bond donors (Lipinski definition) is 2. The van der Waals surface area contributed by atoms with Crippen LogP contribution in [0, 0.1) is 6.92 Å². The number of hydrazine groups is 1. The second-order valence-corrected chi connectivity index (χ2v) is 5.27. The van der Waals surface area contributed by atoms with Crippen molar-refractivity contribution in [3.8, 4) is 0 Å². The maximum Gasteiger partial charge on any atom is 0.0704 e. The van der Waals surface area contributed by atoms with Crippen LogP contribution in [0.5, 0.6) is 0 Å². The van der Waals surface area contributed by atoms with E-state index in [0.717, 1.165) is 11.9 Å². The largest absolute Gasteiger partial charge is 0.271 e. The van der Waals surface area contributed by atoms with Crippen molar-refractivity contribution in [3.63, 3.8) is 0 Å². The number of nitrogens with two attached hydrogens (primary N) is 1. The molecule has 1 unspecified atom stereocenters. The van der Waals surface area contributed by atoms with Crippen LogP contribution in [0.1, 0.15) is 22.7 Å². The number of aromatic nitrogens is 1. The zero-order chi connectivity index (χ0) is 14.7. The molecule has 0 saturated carbocycles. The number of para-hydroxylation sites is 1. The van der Waals surface area contributed by atoms with E-state index in [1.54, 1.807) is 0 Å². The van der Waals surface area contributed by atoms with Crippen LogP contribution in [0.4, 0.5) is 0 Å². The molecule has 0 saturated heterocycles. The molecule has 0 aliphatic carbocycles. The van der Waals surface area contributed by atoms with Crippen molar-refractivity contribution in [2.24, 2.45) is 5.84 Å². The minimum atomic E-state index is 0.0945. The van der Waals surface area contributed by atoms with E-state index in [9.17, 15) is 0 Å². The first kappa shape index (κ1) is 13.7. The molecule has 1 heterocycles. The van der Waals surface area contributed by atoms with Gasteiger partial charge in [0.25, 0.3) is 0 Å². The standard InChI is InChI=1S/C18H19N3/c1-13-6-2-3-7-15(13)18(21-19)12-14-10-11-20-17-9-5-4-8-16(14)17/h2-11,18,21H,12,19H2,1H3. The summed E-state index contributed by atoms with van der Waals surface area (Å²) in [4.78, 5) is 4.41. The van der Waals surface area contributed by atoms with Crippen molar-refractivity contribution in [1.29, 1.82) is 0 Å². The number of fused-ring (bicyclic) bond motifs is 1. The van der Waals surface area contributed by atoms with Crippen LogP contribution in [0.3, 0.4) is 0 Å². The molecule has 106 valence electrons. The molecule has 0 bridgehead atoms. The molecular weight excluding hydrogens is 258 g/mol. The number of nitrogens with one attached hydrogen (secondary N) is 1. The van der Waals surface area contributed by atoms with Gasteiger partial charge in [0.05, 0.1) is 11.6 Å². The molecule has 0 aliphatic heterocycles. The zero-order valence-electron chi connectivity index (χ0n) is 12.1. The van der Waals surface area contributed by atoms with E-state index in [2.05, 4.69) is 47.7 Å². The molecule has 3 nitrogen and oxygen atoms in total. The Morgan fingerprint density at radius 2 is 1.81 bits per heavy atom. The fraction of sp³-hybridized carbons (Fsp3) is 0.167. The van der Waals surface area contributed by atoms with Gasteiger partial charge in [0.1, 0.15) is 0 Å². The molecule has 3 N–H and O–H groups in total. The second kappa shape index (κ2) is 6.04. The van der Waals surface area contributed by atoms with Gasteiger partial charge in [-0.25, -0.2) is 0 Å². The number of rotatable bonds is 4. The Morgan fingerprint density at radius 3 is 2.62 bits per heavy atom. The molecule has 1 aromatic heterocycles. The van der Waals surface area contributed by atoms with Gasteiger partial charge in [0.2, 0.25) is 0 Å². The molecular formula is C18H19N3. The summed E-state index contributed by atoms with van der Waals surface area (Å²) < 4.78 is 0. The molecule has 0 radical (unpaired) electrons. The molecule has 3 aromatic rings. The van der Waals surface area contributed by atoms with Crippen molar-refractivity contribution in [2.45, 2.75) is 19.4 Å². The number of pyridine rings is 1.